The van der Waals surface area contributed by atoms with E-state index in [1.165, 1.54) is 12.1 Å². The van der Waals surface area contributed by atoms with Gasteiger partial charge in [0.25, 0.3) is 0 Å². The van der Waals surface area contributed by atoms with E-state index in [1.807, 2.05) is 9.47 Å². The van der Waals surface area contributed by atoms with Gasteiger partial charge in [0, 0.05) is 37.2 Å². The maximum absolute atomic E-state index is 14.5. The van der Waals surface area contributed by atoms with Gasteiger partial charge in [-0.3, -0.25) is 9.36 Å². The van der Waals surface area contributed by atoms with E-state index in [1.54, 1.807) is 6.20 Å². The molecule has 3 aliphatic rings. The van der Waals surface area contributed by atoms with Crippen LogP contribution < -0.4 is 10.6 Å². The number of carbonyl (C=O) groups is 1. The Bertz CT molecular complexity index is 1330. The number of aliphatic hydroxyl groups is 1. The van der Waals surface area contributed by atoms with Crippen LogP contribution in [0.25, 0.3) is 11.2 Å². The van der Waals surface area contributed by atoms with E-state index in [9.17, 15) is 18.7 Å². The van der Waals surface area contributed by atoms with Crippen molar-refractivity contribution in [1.82, 2.24) is 24.4 Å². The average Bonchev–Trinajstić information content (AvgIpc) is 3.59. The standard InChI is InChI=1S/C28H35F2N7O2/c29-18-5-12-23(22(30)15-18)33-28-34-24-16-31-27(35-25(24)37(28)20-8-10-21(38)11-9-20)32-19-6-3-17(4-7-19)26(39)36-13-1-2-14-36/h5,12,15-17,19-21,38H,1-4,6-11,13-14H2,(H,33,34)(H,31,32,35). The van der Waals surface area contributed by atoms with Crippen LogP contribution in [0.1, 0.15) is 70.3 Å². The number of halogens is 2. The lowest BCUT2D eigenvalue weighted by atomic mass is 9.85. The minimum atomic E-state index is -0.708. The van der Waals surface area contributed by atoms with Crippen molar-refractivity contribution in [2.75, 3.05) is 23.7 Å². The molecule has 1 aromatic carbocycles. The number of aliphatic hydroxyl groups excluding tert-OH is 1. The molecule has 39 heavy (non-hydrogen) atoms. The normalized spacial score (nSPS) is 25.7. The number of benzene rings is 1. The van der Waals surface area contributed by atoms with Crippen LogP contribution in [-0.2, 0) is 4.79 Å². The number of fused-ring (bicyclic) bond motifs is 1. The van der Waals surface area contributed by atoms with Crippen molar-refractivity contribution in [3.8, 4) is 0 Å². The van der Waals surface area contributed by atoms with Crippen LogP contribution in [0, 0.1) is 17.6 Å². The van der Waals surface area contributed by atoms with Crippen molar-refractivity contribution in [2.24, 2.45) is 5.92 Å². The van der Waals surface area contributed by atoms with Gasteiger partial charge < -0.3 is 20.6 Å². The third-order valence-electron chi connectivity index (χ3n) is 8.47. The van der Waals surface area contributed by atoms with Gasteiger partial charge in [-0.1, -0.05) is 0 Å². The summed E-state index contributed by atoms with van der Waals surface area (Å²) < 4.78 is 29.9. The molecule has 3 aromatic rings. The first-order valence-electron chi connectivity index (χ1n) is 14.1. The zero-order valence-electron chi connectivity index (χ0n) is 22.0. The van der Waals surface area contributed by atoms with Crippen LogP contribution in [0.3, 0.4) is 0 Å². The van der Waals surface area contributed by atoms with Gasteiger partial charge in [0.2, 0.25) is 17.8 Å². The van der Waals surface area contributed by atoms with Crippen molar-refractivity contribution in [2.45, 2.75) is 82.4 Å². The van der Waals surface area contributed by atoms with Crippen molar-refractivity contribution in [3.63, 3.8) is 0 Å². The third kappa shape index (κ3) is 5.54. The number of hydrogen-bond acceptors (Lipinski definition) is 7. The number of aromatic nitrogens is 4. The van der Waals surface area contributed by atoms with Crippen LogP contribution in [0.4, 0.5) is 26.4 Å². The third-order valence-corrected chi connectivity index (χ3v) is 8.47. The molecule has 0 unspecified atom stereocenters. The van der Waals surface area contributed by atoms with Crippen molar-refractivity contribution >= 4 is 34.7 Å². The first kappa shape index (κ1) is 25.9. The number of amides is 1. The summed E-state index contributed by atoms with van der Waals surface area (Å²) >= 11 is 0. The Kier molecular flexibility index (Phi) is 7.33. The lowest BCUT2D eigenvalue weighted by Crippen LogP contribution is -2.37. The molecule has 1 aliphatic heterocycles. The van der Waals surface area contributed by atoms with Crippen LogP contribution in [0.5, 0.6) is 0 Å². The highest BCUT2D eigenvalue weighted by molar-refractivity contribution is 5.79. The maximum Gasteiger partial charge on any atom is 0.225 e. The minimum Gasteiger partial charge on any atom is -0.393 e. The highest BCUT2D eigenvalue weighted by atomic mass is 19.1. The molecule has 3 N–H and O–H groups in total. The number of nitrogens with one attached hydrogen (secondary N) is 2. The first-order chi connectivity index (χ1) is 18.9. The first-order valence-corrected chi connectivity index (χ1v) is 14.1. The highest BCUT2D eigenvalue weighted by Crippen LogP contribution is 2.36. The fourth-order valence-corrected chi connectivity index (χ4v) is 6.29. The molecular formula is C28H35F2N7O2. The summed E-state index contributed by atoms with van der Waals surface area (Å²) in [6, 6.07) is 3.57. The second-order valence-corrected chi connectivity index (χ2v) is 11.1. The van der Waals surface area contributed by atoms with E-state index >= 15 is 0 Å². The van der Waals surface area contributed by atoms with Crippen LogP contribution in [0.15, 0.2) is 24.4 Å². The summed E-state index contributed by atoms with van der Waals surface area (Å²) in [5.74, 6) is -0.0442. The van der Waals surface area contributed by atoms with Gasteiger partial charge in [-0.2, -0.15) is 4.98 Å². The quantitative estimate of drug-likeness (QED) is 0.408. The summed E-state index contributed by atoms with van der Waals surface area (Å²) in [4.78, 5) is 28.8. The Hall–Kier alpha value is -3.34. The smallest absolute Gasteiger partial charge is 0.225 e. The van der Waals surface area contributed by atoms with Gasteiger partial charge in [0.05, 0.1) is 18.0 Å². The molecule has 6 rings (SSSR count). The molecule has 2 aromatic heterocycles. The topological polar surface area (TPSA) is 108 Å². The fraction of sp³-hybridized carbons (Fsp3) is 0.571. The number of anilines is 3. The lowest BCUT2D eigenvalue weighted by molar-refractivity contribution is -0.135. The zero-order chi connectivity index (χ0) is 26.9. The van der Waals surface area contributed by atoms with Gasteiger partial charge in [0.15, 0.2) is 5.65 Å². The Balaban J connectivity index is 1.22. The van der Waals surface area contributed by atoms with Gasteiger partial charge in [-0.15, -0.1) is 0 Å². The minimum absolute atomic E-state index is 0.0131. The van der Waals surface area contributed by atoms with Crippen LogP contribution >= 0.6 is 0 Å². The molecule has 11 heteroatoms. The van der Waals surface area contributed by atoms with Gasteiger partial charge in [-0.25, -0.2) is 18.7 Å². The molecule has 0 atom stereocenters. The summed E-state index contributed by atoms with van der Waals surface area (Å²) in [5, 5.41) is 16.6. The highest BCUT2D eigenvalue weighted by Gasteiger charge is 2.31. The Morgan fingerprint density at radius 3 is 2.44 bits per heavy atom. The number of hydrogen-bond donors (Lipinski definition) is 3. The number of nitrogens with zero attached hydrogens (tertiary/aromatic N) is 5. The van der Waals surface area contributed by atoms with Gasteiger partial charge in [-0.05, 0) is 76.3 Å². The molecule has 3 heterocycles. The summed E-state index contributed by atoms with van der Waals surface area (Å²) in [5.41, 5.74) is 1.31. The second kappa shape index (κ2) is 11.0. The molecule has 9 nitrogen and oxygen atoms in total. The predicted molar refractivity (Wildman–Crippen MR) is 144 cm³/mol. The number of rotatable bonds is 6. The van der Waals surface area contributed by atoms with E-state index < -0.39 is 11.6 Å². The fourth-order valence-electron chi connectivity index (χ4n) is 6.29. The average molecular weight is 540 g/mol. The van der Waals surface area contributed by atoms with E-state index in [0.29, 0.717) is 41.8 Å². The van der Waals surface area contributed by atoms with Crippen LogP contribution in [-0.4, -0.2) is 60.7 Å². The van der Waals surface area contributed by atoms with E-state index in [4.69, 9.17) is 4.98 Å². The molecular weight excluding hydrogens is 504 g/mol. The molecule has 3 fully saturated rings. The molecule has 0 radical (unpaired) electrons. The molecule has 0 spiro atoms. The van der Waals surface area contributed by atoms with Gasteiger partial charge >= 0.3 is 0 Å². The van der Waals surface area contributed by atoms with E-state index in [-0.39, 0.29) is 29.8 Å². The zero-order valence-corrected chi connectivity index (χ0v) is 22.0. The molecule has 0 bridgehead atoms. The largest absolute Gasteiger partial charge is 0.393 e. The van der Waals surface area contributed by atoms with Crippen molar-refractivity contribution in [1.29, 1.82) is 0 Å². The molecule has 1 amide bonds. The molecule has 1 saturated heterocycles. The van der Waals surface area contributed by atoms with Crippen molar-refractivity contribution in [3.05, 3.63) is 36.0 Å². The predicted octanol–water partition coefficient (Wildman–Crippen LogP) is 4.92. The number of carbonyl (C=O) groups excluding carboxylic acids is 1. The number of likely N-dealkylation sites (tertiary alicyclic amines) is 1. The molecule has 208 valence electrons. The summed E-state index contributed by atoms with van der Waals surface area (Å²) in [6.07, 6.45) is 9.79. The van der Waals surface area contributed by atoms with E-state index in [0.717, 1.165) is 70.5 Å². The lowest BCUT2D eigenvalue weighted by Gasteiger charge is -2.31. The Morgan fingerprint density at radius 1 is 0.974 bits per heavy atom. The van der Waals surface area contributed by atoms with Crippen molar-refractivity contribution < 1.29 is 18.7 Å². The van der Waals surface area contributed by atoms with Crippen LogP contribution in [0.2, 0.25) is 0 Å². The number of imidazole rings is 1. The molecule has 2 aliphatic carbocycles. The van der Waals surface area contributed by atoms with E-state index in [2.05, 4.69) is 20.6 Å². The summed E-state index contributed by atoms with van der Waals surface area (Å²) in [6.45, 7) is 1.78. The maximum atomic E-state index is 14.5. The molecule has 2 saturated carbocycles. The Labute approximate surface area is 226 Å². The monoisotopic (exact) mass is 539 g/mol. The Morgan fingerprint density at radius 2 is 1.72 bits per heavy atom. The SMILES string of the molecule is O=C(C1CCC(Nc2ncc3nc(Nc4ccc(F)cc4F)n(C4CCC(O)CC4)c3n2)CC1)N1CCCC1. The second-order valence-electron chi connectivity index (χ2n) is 11.1. The van der Waals surface area contributed by atoms with Gasteiger partial charge in [0.1, 0.15) is 17.2 Å². The summed E-state index contributed by atoms with van der Waals surface area (Å²) in [7, 11) is 0.